The fourth-order valence-electron chi connectivity index (χ4n) is 1.39. The predicted molar refractivity (Wildman–Crippen MR) is 74.7 cm³/mol. The number of urea groups is 1. The van der Waals surface area contributed by atoms with E-state index < -0.39 is 36.4 Å². The van der Waals surface area contributed by atoms with E-state index in [9.17, 15) is 18.8 Å². The molecule has 120 valence electrons. The van der Waals surface area contributed by atoms with Crippen molar-refractivity contribution in [3.05, 3.63) is 30.1 Å². The Bertz CT molecular complexity index is 533. The van der Waals surface area contributed by atoms with E-state index in [2.05, 4.69) is 5.32 Å². The molecule has 0 aliphatic carbocycles. The molecule has 0 aliphatic rings. The zero-order chi connectivity index (χ0) is 16.5. The topological polar surface area (TPSA) is 93.7 Å². The van der Waals surface area contributed by atoms with Gasteiger partial charge in [0.2, 0.25) is 0 Å². The normalized spacial score (nSPS) is 11.2. The summed E-state index contributed by atoms with van der Waals surface area (Å²) >= 11 is 0. The van der Waals surface area contributed by atoms with Gasteiger partial charge in [0.1, 0.15) is 11.6 Å². The van der Waals surface area contributed by atoms with Gasteiger partial charge in [0.05, 0.1) is 0 Å². The highest BCUT2D eigenvalue weighted by Crippen LogP contribution is 2.13. The van der Waals surface area contributed by atoms with Gasteiger partial charge in [-0.2, -0.15) is 0 Å². The largest absolute Gasteiger partial charge is 0.479 e. The summed E-state index contributed by atoms with van der Waals surface area (Å²) in [6.45, 7) is 2.88. The van der Waals surface area contributed by atoms with E-state index in [0.29, 0.717) is 6.54 Å². The van der Waals surface area contributed by atoms with Crippen LogP contribution in [-0.4, -0.2) is 37.2 Å². The summed E-state index contributed by atoms with van der Waals surface area (Å²) in [6, 6.07) is 4.43. The summed E-state index contributed by atoms with van der Waals surface area (Å²) < 4.78 is 22.7. The Labute approximate surface area is 126 Å². The number of carbonyl (C=O) groups excluding carboxylic acids is 3. The second kappa shape index (κ2) is 8.60. The van der Waals surface area contributed by atoms with Crippen LogP contribution in [-0.2, 0) is 14.3 Å². The van der Waals surface area contributed by atoms with Crippen molar-refractivity contribution >= 4 is 17.9 Å². The minimum atomic E-state index is -0.984. The number of benzene rings is 1. The summed E-state index contributed by atoms with van der Waals surface area (Å²) in [7, 11) is 0. The van der Waals surface area contributed by atoms with E-state index >= 15 is 0 Å². The first-order chi connectivity index (χ1) is 10.4. The van der Waals surface area contributed by atoms with Gasteiger partial charge in [-0.15, -0.1) is 0 Å². The number of ether oxygens (including phenoxy) is 2. The first kappa shape index (κ1) is 17.4. The number of hydrogen-bond donors (Lipinski definition) is 2. The number of halogens is 1. The molecule has 8 heteroatoms. The third kappa shape index (κ3) is 6.21. The second-order valence-corrected chi connectivity index (χ2v) is 4.23. The second-order valence-electron chi connectivity index (χ2n) is 4.23. The lowest BCUT2D eigenvalue weighted by molar-refractivity contribution is -0.154. The van der Waals surface area contributed by atoms with Crippen LogP contribution >= 0.6 is 0 Å². The van der Waals surface area contributed by atoms with Crippen molar-refractivity contribution in [2.75, 3.05) is 13.2 Å². The molecule has 1 aromatic rings. The van der Waals surface area contributed by atoms with Gasteiger partial charge in [-0.1, -0.05) is 0 Å². The van der Waals surface area contributed by atoms with Crippen molar-refractivity contribution in [3.63, 3.8) is 0 Å². The fourth-order valence-corrected chi connectivity index (χ4v) is 1.39. The summed E-state index contributed by atoms with van der Waals surface area (Å²) in [4.78, 5) is 34.0. The molecule has 0 saturated heterocycles. The molecule has 1 atom stereocenters. The van der Waals surface area contributed by atoms with Crippen molar-refractivity contribution in [1.82, 2.24) is 10.6 Å². The van der Waals surface area contributed by atoms with Gasteiger partial charge in [0, 0.05) is 6.54 Å². The number of amides is 3. The lowest BCUT2D eigenvalue weighted by atomic mass is 10.3. The summed E-state index contributed by atoms with van der Waals surface area (Å²) in [6.07, 6.45) is -0.984. The summed E-state index contributed by atoms with van der Waals surface area (Å²) in [5.74, 6) is -1.68. The quantitative estimate of drug-likeness (QED) is 0.764. The molecule has 3 amide bonds. The molecule has 0 aliphatic heterocycles. The molecule has 0 saturated carbocycles. The molecule has 1 rings (SSSR count). The van der Waals surface area contributed by atoms with Crippen LogP contribution < -0.4 is 15.4 Å². The number of esters is 1. The SMILES string of the molecule is CCNC(=O)NC(=O)COC(=O)[C@@H](C)Oc1ccc(F)cc1. The predicted octanol–water partition coefficient (Wildman–Crippen LogP) is 0.982. The minimum absolute atomic E-state index is 0.289. The number of nitrogens with one attached hydrogen (secondary N) is 2. The van der Waals surface area contributed by atoms with Crippen molar-refractivity contribution in [1.29, 1.82) is 0 Å². The fraction of sp³-hybridized carbons (Fsp3) is 0.357. The molecule has 1 aromatic carbocycles. The Hall–Kier alpha value is -2.64. The Kier molecular flexibility index (Phi) is 6.81. The number of carbonyl (C=O) groups is 3. The number of imide groups is 1. The van der Waals surface area contributed by atoms with Gasteiger partial charge >= 0.3 is 12.0 Å². The lowest BCUT2D eigenvalue weighted by Crippen LogP contribution is -2.41. The summed E-state index contributed by atoms with van der Waals surface area (Å²) in [5.41, 5.74) is 0. The molecule has 0 fully saturated rings. The molecule has 0 bridgehead atoms. The van der Waals surface area contributed by atoms with E-state index in [4.69, 9.17) is 9.47 Å². The Morgan fingerprint density at radius 1 is 1.23 bits per heavy atom. The average molecular weight is 312 g/mol. The molecular formula is C14H17FN2O5. The van der Waals surface area contributed by atoms with Crippen LogP contribution in [0.15, 0.2) is 24.3 Å². The zero-order valence-corrected chi connectivity index (χ0v) is 12.2. The van der Waals surface area contributed by atoms with Crippen LogP contribution in [0, 0.1) is 5.82 Å². The molecule has 0 heterocycles. The molecule has 22 heavy (non-hydrogen) atoms. The first-order valence-corrected chi connectivity index (χ1v) is 6.59. The molecular weight excluding hydrogens is 295 g/mol. The maximum Gasteiger partial charge on any atom is 0.347 e. The van der Waals surface area contributed by atoms with Crippen molar-refractivity contribution in [2.24, 2.45) is 0 Å². The Balaban J connectivity index is 2.36. The highest BCUT2D eigenvalue weighted by atomic mass is 19.1. The van der Waals surface area contributed by atoms with Crippen LogP contribution in [0.4, 0.5) is 9.18 Å². The van der Waals surface area contributed by atoms with Gasteiger partial charge in [-0.25, -0.2) is 14.0 Å². The maximum atomic E-state index is 12.7. The van der Waals surface area contributed by atoms with Crippen LogP contribution in [0.25, 0.3) is 0 Å². The number of hydrogen-bond acceptors (Lipinski definition) is 5. The van der Waals surface area contributed by atoms with E-state index in [1.807, 2.05) is 5.32 Å². The zero-order valence-electron chi connectivity index (χ0n) is 12.2. The number of rotatable bonds is 6. The molecule has 0 radical (unpaired) electrons. The van der Waals surface area contributed by atoms with Crippen LogP contribution in [0.5, 0.6) is 5.75 Å². The summed E-state index contributed by atoms with van der Waals surface area (Å²) in [5, 5.41) is 4.34. The molecule has 0 aromatic heterocycles. The molecule has 7 nitrogen and oxygen atoms in total. The molecule has 0 spiro atoms. The van der Waals surface area contributed by atoms with Crippen molar-refractivity contribution in [2.45, 2.75) is 20.0 Å². The van der Waals surface area contributed by atoms with Gasteiger partial charge in [0.25, 0.3) is 5.91 Å². The van der Waals surface area contributed by atoms with Gasteiger partial charge in [0.15, 0.2) is 12.7 Å². The minimum Gasteiger partial charge on any atom is -0.479 e. The van der Waals surface area contributed by atoms with E-state index in [1.54, 1.807) is 6.92 Å². The van der Waals surface area contributed by atoms with Crippen LogP contribution in [0.2, 0.25) is 0 Å². The van der Waals surface area contributed by atoms with Crippen LogP contribution in [0.3, 0.4) is 0 Å². The maximum absolute atomic E-state index is 12.7. The van der Waals surface area contributed by atoms with Gasteiger partial charge in [-0.05, 0) is 38.1 Å². The standard InChI is InChI=1S/C14H17FN2O5/c1-3-16-14(20)17-12(18)8-21-13(19)9(2)22-11-6-4-10(15)5-7-11/h4-7,9H,3,8H2,1-2H3,(H2,16,17,18,20)/t9-/m1/s1. The highest BCUT2D eigenvalue weighted by molar-refractivity contribution is 5.95. The third-order valence-electron chi connectivity index (χ3n) is 2.39. The van der Waals surface area contributed by atoms with Gasteiger partial charge in [-0.3, -0.25) is 10.1 Å². The molecule has 2 N–H and O–H groups in total. The van der Waals surface area contributed by atoms with Crippen molar-refractivity contribution in [3.8, 4) is 5.75 Å². The van der Waals surface area contributed by atoms with E-state index in [-0.39, 0.29) is 5.75 Å². The first-order valence-electron chi connectivity index (χ1n) is 6.59. The average Bonchev–Trinajstić information content (AvgIpc) is 2.47. The Morgan fingerprint density at radius 3 is 2.45 bits per heavy atom. The molecule has 0 unspecified atom stereocenters. The lowest BCUT2D eigenvalue weighted by Gasteiger charge is -2.13. The van der Waals surface area contributed by atoms with Crippen LogP contribution in [0.1, 0.15) is 13.8 Å². The monoisotopic (exact) mass is 312 g/mol. The third-order valence-corrected chi connectivity index (χ3v) is 2.39. The van der Waals surface area contributed by atoms with Crippen molar-refractivity contribution < 1.29 is 28.2 Å². The highest BCUT2D eigenvalue weighted by Gasteiger charge is 2.18. The van der Waals surface area contributed by atoms with E-state index in [1.165, 1.54) is 31.2 Å². The van der Waals surface area contributed by atoms with E-state index in [0.717, 1.165) is 0 Å². The Morgan fingerprint density at radius 2 is 1.86 bits per heavy atom. The smallest absolute Gasteiger partial charge is 0.347 e. The van der Waals surface area contributed by atoms with Gasteiger partial charge < -0.3 is 14.8 Å².